The molecule has 0 aliphatic heterocycles. The standard InChI is InChI=1S/C22H20ClNO3S/c1-2-26-19-8-4-5-9-20(19)27-15-22(25)24-18-7-3-6-10-21(18)28-17-13-11-16(23)12-14-17/h3-14H,2,15H2,1H3,(H,24,25). The van der Waals surface area contributed by atoms with Crippen LogP contribution in [0.3, 0.4) is 0 Å². The third kappa shape index (κ3) is 5.68. The summed E-state index contributed by atoms with van der Waals surface area (Å²) in [6, 6.07) is 22.5. The first kappa shape index (κ1) is 20.1. The SMILES string of the molecule is CCOc1ccccc1OCC(=O)Nc1ccccc1Sc1ccc(Cl)cc1. The molecule has 3 aromatic rings. The third-order valence-electron chi connectivity index (χ3n) is 3.71. The summed E-state index contributed by atoms with van der Waals surface area (Å²) in [5.41, 5.74) is 0.731. The van der Waals surface area contributed by atoms with Crippen LogP contribution in [0.15, 0.2) is 82.6 Å². The molecule has 0 fully saturated rings. The smallest absolute Gasteiger partial charge is 0.262 e. The Balaban J connectivity index is 1.64. The molecule has 0 saturated heterocycles. The number of para-hydroxylation sites is 3. The molecule has 0 spiro atoms. The van der Waals surface area contributed by atoms with Gasteiger partial charge in [0, 0.05) is 14.8 Å². The second-order valence-corrected chi connectivity index (χ2v) is 7.32. The van der Waals surface area contributed by atoms with Gasteiger partial charge in [0.05, 0.1) is 12.3 Å². The van der Waals surface area contributed by atoms with Crippen LogP contribution in [-0.2, 0) is 4.79 Å². The van der Waals surface area contributed by atoms with Crippen LogP contribution >= 0.6 is 23.4 Å². The van der Waals surface area contributed by atoms with Gasteiger partial charge in [0.1, 0.15) is 0 Å². The number of nitrogens with one attached hydrogen (secondary N) is 1. The number of ether oxygens (including phenoxy) is 2. The fraction of sp³-hybridized carbons (Fsp3) is 0.136. The van der Waals surface area contributed by atoms with Crippen LogP contribution < -0.4 is 14.8 Å². The average molecular weight is 414 g/mol. The molecule has 0 atom stereocenters. The summed E-state index contributed by atoms with van der Waals surface area (Å²) in [5, 5.41) is 3.60. The van der Waals surface area contributed by atoms with Gasteiger partial charge in [-0.2, -0.15) is 0 Å². The van der Waals surface area contributed by atoms with Crippen LogP contribution in [0.25, 0.3) is 0 Å². The molecule has 1 N–H and O–H groups in total. The molecule has 6 heteroatoms. The van der Waals surface area contributed by atoms with Gasteiger partial charge in [-0.05, 0) is 55.5 Å². The molecule has 0 heterocycles. The lowest BCUT2D eigenvalue weighted by molar-refractivity contribution is -0.118. The van der Waals surface area contributed by atoms with E-state index < -0.39 is 0 Å². The molecule has 3 aromatic carbocycles. The Morgan fingerprint density at radius 2 is 1.57 bits per heavy atom. The Hall–Kier alpha value is -2.63. The van der Waals surface area contributed by atoms with Crippen LogP contribution in [-0.4, -0.2) is 19.1 Å². The molecular weight excluding hydrogens is 394 g/mol. The van der Waals surface area contributed by atoms with E-state index in [9.17, 15) is 4.79 Å². The summed E-state index contributed by atoms with van der Waals surface area (Å²) in [6.45, 7) is 2.32. The van der Waals surface area contributed by atoms with Gasteiger partial charge in [-0.25, -0.2) is 0 Å². The zero-order valence-electron chi connectivity index (χ0n) is 15.4. The Kier molecular flexibility index (Phi) is 7.23. The van der Waals surface area contributed by atoms with Gasteiger partial charge >= 0.3 is 0 Å². The van der Waals surface area contributed by atoms with Crippen molar-refractivity contribution in [1.29, 1.82) is 0 Å². The summed E-state index contributed by atoms with van der Waals surface area (Å²) in [7, 11) is 0. The molecule has 3 rings (SSSR count). The lowest BCUT2D eigenvalue weighted by Gasteiger charge is -2.13. The van der Waals surface area contributed by atoms with Gasteiger partial charge in [0.25, 0.3) is 5.91 Å². The van der Waals surface area contributed by atoms with Gasteiger partial charge < -0.3 is 14.8 Å². The Labute approximate surface area is 173 Å². The van der Waals surface area contributed by atoms with Crippen LogP contribution in [0.4, 0.5) is 5.69 Å². The highest BCUT2D eigenvalue weighted by Gasteiger charge is 2.10. The van der Waals surface area contributed by atoms with E-state index in [2.05, 4.69) is 5.32 Å². The number of halogens is 1. The number of carbonyl (C=O) groups is 1. The van der Waals surface area contributed by atoms with E-state index in [1.165, 1.54) is 0 Å². The molecule has 0 unspecified atom stereocenters. The van der Waals surface area contributed by atoms with Crippen LogP contribution in [0, 0.1) is 0 Å². The second-order valence-electron chi connectivity index (χ2n) is 5.77. The monoisotopic (exact) mass is 413 g/mol. The summed E-state index contributed by atoms with van der Waals surface area (Å²) in [6.07, 6.45) is 0. The number of hydrogen-bond donors (Lipinski definition) is 1. The van der Waals surface area contributed by atoms with E-state index in [0.717, 1.165) is 15.5 Å². The molecule has 28 heavy (non-hydrogen) atoms. The van der Waals surface area contributed by atoms with Gasteiger partial charge in [-0.3, -0.25) is 4.79 Å². The lowest BCUT2D eigenvalue weighted by Crippen LogP contribution is -2.20. The van der Waals surface area contributed by atoms with Crippen LogP contribution in [0.5, 0.6) is 11.5 Å². The molecule has 0 aromatic heterocycles. The lowest BCUT2D eigenvalue weighted by atomic mass is 10.3. The first-order valence-electron chi connectivity index (χ1n) is 8.82. The zero-order chi connectivity index (χ0) is 19.8. The fourth-order valence-electron chi connectivity index (χ4n) is 2.46. The van der Waals surface area contributed by atoms with Crippen molar-refractivity contribution in [3.05, 3.63) is 77.8 Å². The minimum Gasteiger partial charge on any atom is -0.490 e. The number of amides is 1. The van der Waals surface area contributed by atoms with Crippen molar-refractivity contribution in [2.24, 2.45) is 0 Å². The summed E-state index contributed by atoms with van der Waals surface area (Å²) in [5.74, 6) is 0.926. The zero-order valence-corrected chi connectivity index (χ0v) is 16.9. The number of hydrogen-bond acceptors (Lipinski definition) is 4. The van der Waals surface area contributed by atoms with Crippen LogP contribution in [0.2, 0.25) is 5.02 Å². The van der Waals surface area contributed by atoms with Crippen molar-refractivity contribution in [3.8, 4) is 11.5 Å². The van der Waals surface area contributed by atoms with Crippen molar-refractivity contribution in [2.45, 2.75) is 16.7 Å². The molecule has 1 amide bonds. The quantitative estimate of drug-likeness (QED) is 0.498. The van der Waals surface area contributed by atoms with Crippen LogP contribution in [0.1, 0.15) is 6.92 Å². The van der Waals surface area contributed by atoms with Crippen molar-refractivity contribution in [2.75, 3.05) is 18.5 Å². The maximum absolute atomic E-state index is 12.4. The third-order valence-corrected chi connectivity index (χ3v) is 5.05. The van der Waals surface area contributed by atoms with Crippen molar-refractivity contribution >= 4 is 35.0 Å². The Bertz CT molecular complexity index is 931. The topological polar surface area (TPSA) is 47.6 Å². The van der Waals surface area contributed by atoms with Gasteiger partial charge in [-0.15, -0.1) is 0 Å². The molecule has 0 radical (unpaired) electrons. The highest BCUT2D eigenvalue weighted by molar-refractivity contribution is 7.99. The van der Waals surface area contributed by atoms with E-state index >= 15 is 0 Å². The minimum absolute atomic E-state index is 0.107. The summed E-state index contributed by atoms with van der Waals surface area (Å²) in [4.78, 5) is 14.4. The Morgan fingerprint density at radius 3 is 2.29 bits per heavy atom. The van der Waals surface area contributed by atoms with E-state index in [1.54, 1.807) is 17.8 Å². The maximum Gasteiger partial charge on any atom is 0.262 e. The van der Waals surface area contributed by atoms with Gasteiger partial charge in [0.15, 0.2) is 18.1 Å². The first-order valence-corrected chi connectivity index (χ1v) is 10.0. The summed E-state index contributed by atoms with van der Waals surface area (Å²) < 4.78 is 11.1. The van der Waals surface area contributed by atoms with Crippen molar-refractivity contribution in [1.82, 2.24) is 0 Å². The number of carbonyl (C=O) groups excluding carboxylic acids is 1. The normalized spacial score (nSPS) is 10.4. The largest absolute Gasteiger partial charge is 0.490 e. The first-order chi connectivity index (χ1) is 13.7. The average Bonchev–Trinajstić information content (AvgIpc) is 2.71. The minimum atomic E-state index is -0.240. The Morgan fingerprint density at radius 1 is 0.929 bits per heavy atom. The van der Waals surface area contributed by atoms with Gasteiger partial charge in [0.2, 0.25) is 0 Å². The van der Waals surface area contributed by atoms with Crippen molar-refractivity contribution in [3.63, 3.8) is 0 Å². The number of benzene rings is 3. The number of anilines is 1. The highest BCUT2D eigenvalue weighted by atomic mass is 35.5. The molecule has 0 saturated carbocycles. The predicted octanol–water partition coefficient (Wildman–Crippen LogP) is 5.91. The molecule has 144 valence electrons. The predicted molar refractivity (Wildman–Crippen MR) is 114 cm³/mol. The molecule has 0 bridgehead atoms. The molecule has 4 nitrogen and oxygen atoms in total. The van der Waals surface area contributed by atoms with E-state index in [4.69, 9.17) is 21.1 Å². The molecule has 0 aliphatic rings. The number of rotatable bonds is 8. The van der Waals surface area contributed by atoms with Crippen molar-refractivity contribution < 1.29 is 14.3 Å². The fourth-order valence-corrected chi connectivity index (χ4v) is 3.49. The van der Waals surface area contributed by atoms with E-state index in [0.29, 0.717) is 23.1 Å². The second kappa shape index (κ2) is 10.1. The summed E-state index contributed by atoms with van der Waals surface area (Å²) >= 11 is 7.50. The van der Waals surface area contributed by atoms with E-state index in [-0.39, 0.29) is 12.5 Å². The highest BCUT2D eigenvalue weighted by Crippen LogP contribution is 2.34. The molecule has 0 aliphatic carbocycles. The van der Waals surface area contributed by atoms with E-state index in [1.807, 2.05) is 73.7 Å². The molecular formula is C22H20ClNO3S. The maximum atomic E-state index is 12.4. The van der Waals surface area contributed by atoms with Gasteiger partial charge in [-0.1, -0.05) is 47.6 Å².